The van der Waals surface area contributed by atoms with Gasteiger partial charge >= 0.3 is 18.9 Å². The van der Waals surface area contributed by atoms with Crippen LogP contribution in [0.4, 0.5) is 0 Å². The Labute approximate surface area is 102 Å². The van der Waals surface area contributed by atoms with Crippen molar-refractivity contribution in [3.63, 3.8) is 0 Å². The molecule has 4 heteroatoms. The molecule has 14 heavy (non-hydrogen) atoms. The van der Waals surface area contributed by atoms with Gasteiger partial charge in [0.2, 0.25) is 0 Å². The third-order valence-corrected chi connectivity index (χ3v) is 2.31. The maximum Gasteiger partial charge on any atom is 1.00 e. The molecule has 1 aliphatic heterocycles. The van der Waals surface area contributed by atoms with Crippen LogP contribution in [-0.2, 0) is 16.1 Å². The van der Waals surface area contributed by atoms with Crippen molar-refractivity contribution in [1.29, 1.82) is 0 Å². The molecule has 0 spiro atoms. The molecule has 2 heterocycles. The first kappa shape index (κ1) is 14.2. The maximum absolute atomic E-state index is 4.94. The molecule has 0 radical (unpaired) electrons. The van der Waals surface area contributed by atoms with Gasteiger partial charge in [0.25, 0.3) is 0 Å². The summed E-state index contributed by atoms with van der Waals surface area (Å²) in [5.74, 6) is 0. The van der Waals surface area contributed by atoms with E-state index in [0.717, 1.165) is 18.8 Å². The molecule has 1 fully saturated rings. The predicted molar refractivity (Wildman–Crippen MR) is 53.9 cm³/mol. The van der Waals surface area contributed by atoms with Gasteiger partial charge in [-0.1, -0.05) is 0 Å². The van der Waals surface area contributed by atoms with E-state index in [1.54, 1.807) is 18.4 Å². The van der Waals surface area contributed by atoms with E-state index in [4.69, 9.17) is 9.47 Å². The zero-order chi connectivity index (χ0) is 9.36. The molecule has 74 valence electrons. The molecule has 0 aliphatic carbocycles. The van der Waals surface area contributed by atoms with E-state index in [-0.39, 0.29) is 18.9 Å². The Hall–Kier alpha value is 0.217. The fraction of sp³-hybridized carbons (Fsp3) is 0.600. The van der Waals surface area contributed by atoms with Gasteiger partial charge in [-0.3, -0.25) is 0 Å². The average molecular weight is 206 g/mol. The van der Waals surface area contributed by atoms with Crippen LogP contribution < -0.4 is 18.9 Å². The monoisotopic (exact) mass is 206 g/mol. The minimum atomic E-state index is 0. The van der Waals surface area contributed by atoms with Crippen LogP contribution in [0.15, 0.2) is 11.4 Å². The molecule has 2 nitrogen and oxygen atoms in total. The number of hydrogen-bond acceptors (Lipinski definition) is 3. The third kappa shape index (κ3) is 6.64. The minimum Gasteiger partial charge on any atom is -0.382 e. The maximum atomic E-state index is 4.94. The number of thiophene rings is 1. The number of ether oxygens (including phenoxy) is 2. The van der Waals surface area contributed by atoms with Crippen molar-refractivity contribution in [1.82, 2.24) is 0 Å². The van der Waals surface area contributed by atoms with Gasteiger partial charge in [0, 0.05) is 26.9 Å². The summed E-state index contributed by atoms with van der Waals surface area (Å²) in [6.07, 6.45) is 2.56. The first-order valence-electron chi connectivity index (χ1n) is 4.44. The summed E-state index contributed by atoms with van der Waals surface area (Å²) in [5.41, 5.74) is 1.14. The van der Waals surface area contributed by atoms with E-state index in [2.05, 4.69) is 5.38 Å². The van der Waals surface area contributed by atoms with Crippen LogP contribution in [0.1, 0.15) is 18.4 Å². The van der Waals surface area contributed by atoms with Crippen molar-refractivity contribution in [3.8, 4) is 0 Å². The summed E-state index contributed by atoms with van der Waals surface area (Å²) in [6, 6.07) is 2.01. The molecule has 1 aromatic rings. The fourth-order valence-electron chi connectivity index (χ4n) is 1.00. The fourth-order valence-corrected chi connectivity index (χ4v) is 1.58. The second-order valence-electron chi connectivity index (χ2n) is 2.80. The molecule has 1 aliphatic rings. The molecule has 0 atom stereocenters. The van der Waals surface area contributed by atoms with Gasteiger partial charge in [0.1, 0.15) is 0 Å². The van der Waals surface area contributed by atoms with E-state index >= 15 is 0 Å². The second-order valence-corrected chi connectivity index (χ2v) is 3.51. The van der Waals surface area contributed by atoms with Crippen LogP contribution in [0.3, 0.4) is 0 Å². The molecular formula is C10H15LiO2S. The first-order chi connectivity index (χ1) is 6.43. The largest absolute Gasteiger partial charge is 1.00 e. The topological polar surface area (TPSA) is 18.5 Å². The van der Waals surface area contributed by atoms with E-state index in [1.165, 1.54) is 12.8 Å². The molecule has 0 amide bonds. The van der Waals surface area contributed by atoms with E-state index in [9.17, 15) is 0 Å². The van der Waals surface area contributed by atoms with Crippen molar-refractivity contribution in [2.75, 3.05) is 20.3 Å². The molecule has 0 N–H and O–H groups in total. The normalized spacial score (nSPS) is 14.1. The van der Waals surface area contributed by atoms with Gasteiger partial charge in [-0.25, -0.2) is 0 Å². The molecule has 0 aromatic carbocycles. The Kier molecular flexibility index (Phi) is 9.91. The van der Waals surface area contributed by atoms with Crippen molar-refractivity contribution in [2.24, 2.45) is 0 Å². The Balaban J connectivity index is 0.000000246. The zero-order valence-electron chi connectivity index (χ0n) is 8.91. The first-order valence-corrected chi connectivity index (χ1v) is 5.32. The molecule has 1 aromatic heterocycles. The molecule has 0 unspecified atom stereocenters. The molecular weight excluding hydrogens is 191 g/mol. The molecule has 2 rings (SSSR count). The van der Waals surface area contributed by atoms with Crippen molar-refractivity contribution >= 4 is 11.3 Å². The summed E-state index contributed by atoms with van der Waals surface area (Å²) in [4.78, 5) is 0. The van der Waals surface area contributed by atoms with Gasteiger partial charge in [-0.2, -0.15) is 11.4 Å². The summed E-state index contributed by atoms with van der Waals surface area (Å²) in [7, 11) is 1.69. The van der Waals surface area contributed by atoms with Crippen LogP contribution in [0, 0.1) is 5.38 Å². The Bertz CT molecular complexity index is 190. The van der Waals surface area contributed by atoms with E-state index in [0.29, 0.717) is 6.61 Å². The van der Waals surface area contributed by atoms with Crippen LogP contribution in [0.25, 0.3) is 0 Å². The number of rotatable bonds is 2. The van der Waals surface area contributed by atoms with Crippen molar-refractivity contribution in [3.05, 3.63) is 22.4 Å². The van der Waals surface area contributed by atoms with Crippen LogP contribution >= 0.6 is 11.3 Å². The average Bonchev–Trinajstić information content (AvgIpc) is 2.79. The zero-order valence-corrected chi connectivity index (χ0v) is 9.73. The second kappa shape index (κ2) is 9.76. The number of methoxy groups -OCH3 is 1. The van der Waals surface area contributed by atoms with Crippen LogP contribution in [0.5, 0.6) is 0 Å². The Morgan fingerprint density at radius 3 is 2.57 bits per heavy atom. The van der Waals surface area contributed by atoms with Gasteiger partial charge < -0.3 is 20.8 Å². The quantitative estimate of drug-likeness (QED) is 0.479. The summed E-state index contributed by atoms with van der Waals surface area (Å²) >= 11 is 1.57. The van der Waals surface area contributed by atoms with Crippen LogP contribution in [-0.4, -0.2) is 20.3 Å². The van der Waals surface area contributed by atoms with Crippen molar-refractivity contribution < 1.29 is 28.3 Å². The number of hydrogen-bond donors (Lipinski definition) is 0. The molecule has 1 saturated heterocycles. The van der Waals surface area contributed by atoms with E-state index < -0.39 is 0 Å². The van der Waals surface area contributed by atoms with Gasteiger partial charge in [-0.05, 0) is 12.8 Å². The van der Waals surface area contributed by atoms with Gasteiger partial charge in [0.15, 0.2) is 0 Å². The predicted octanol–water partition coefficient (Wildman–Crippen LogP) is -0.505. The summed E-state index contributed by atoms with van der Waals surface area (Å²) in [5, 5.41) is 5.05. The summed E-state index contributed by atoms with van der Waals surface area (Å²) < 4.78 is 9.81. The van der Waals surface area contributed by atoms with Gasteiger partial charge in [-0.15, -0.1) is 10.9 Å². The molecule has 0 bridgehead atoms. The SMILES string of the molecule is C1CCOC1.COCc1[c-]scc1.[Li+]. The summed E-state index contributed by atoms with van der Waals surface area (Å²) in [6.45, 7) is 2.68. The van der Waals surface area contributed by atoms with Gasteiger partial charge in [0.05, 0.1) is 0 Å². The smallest absolute Gasteiger partial charge is 0.382 e. The molecule has 0 saturated carbocycles. The minimum absolute atomic E-state index is 0. The van der Waals surface area contributed by atoms with Crippen molar-refractivity contribution in [2.45, 2.75) is 19.4 Å². The standard InChI is InChI=1S/C6H7OS.C4H8O.Li/c1-7-4-6-2-3-8-5-6;1-2-4-5-3-1;/h2-3H,4H2,1H3;1-4H2;/q-1;;+1. The van der Waals surface area contributed by atoms with E-state index in [1.807, 2.05) is 11.4 Å². The Morgan fingerprint density at radius 1 is 1.50 bits per heavy atom. The van der Waals surface area contributed by atoms with Crippen LogP contribution in [0.2, 0.25) is 0 Å². The Morgan fingerprint density at radius 2 is 2.21 bits per heavy atom. The third-order valence-electron chi connectivity index (χ3n) is 1.65.